The van der Waals surface area contributed by atoms with Crippen molar-refractivity contribution >= 4 is 36.4 Å². The Morgan fingerprint density at radius 3 is 2.42 bits per heavy atom. The van der Waals surface area contributed by atoms with Gasteiger partial charge in [-0.05, 0) is 43.5 Å². The van der Waals surface area contributed by atoms with Crippen LogP contribution in [0.5, 0.6) is 0 Å². The molecule has 0 aliphatic carbocycles. The summed E-state index contributed by atoms with van der Waals surface area (Å²) in [6.07, 6.45) is 3.76. The number of nitrogens with two attached hydrogens (primary N) is 1. The second-order valence-electron chi connectivity index (χ2n) is 7.39. The monoisotopic (exact) mass is 480 g/mol. The quantitative estimate of drug-likeness (QED) is 0.214. The van der Waals surface area contributed by atoms with Crippen molar-refractivity contribution < 1.29 is 33.8 Å². The van der Waals surface area contributed by atoms with Gasteiger partial charge in [-0.3, -0.25) is 14.4 Å². The van der Waals surface area contributed by atoms with Gasteiger partial charge in [0, 0.05) is 24.9 Å². The molecule has 0 saturated heterocycles. The third kappa shape index (κ3) is 7.99. The number of aromatic nitrogens is 1. The Kier molecular flexibility index (Phi) is 10.0. The smallest absolute Gasteiger partial charge is 0.326 e. The number of thiol groups is 1. The number of carbonyl (C=O) groups excluding carboxylic acids is 2. The molecule has 12 heteroatoms. The van der Waals surface area contributed by atoms with Crippen LogP contribution in [0, 0.1) is 0 Å². The van der Waals surface area contributed by atoms with Crippen LogP contribution in [0.15, 0.2) is 41.1 Å². The Morgan fingerprint density at radius 1 is 1.06 bits per heavy atom. The van der Waals surface area contributed by atoms with E-state index in [1.54, 1.807) is 12.3 Å². The van der Waals surface area contributed by atoms with Gasteiger partial charge in [-0.15, -0.1) is 0 Å². The summed E-state index contributed by atoms with van der Waals surface area (Å²) in [7, 11) is 0. The van der Waals surface area contributed by atoms with E-state index in [2.05, 4.69) is 23.3 Å². The van der Waals surface area contributed by atoms with Gasteiger partial charge in [-0.1, -0.05) is 0 Å². The maximum absolute atomic E-state index is 12.5. The zero-order chi connectivity index (χ0) is 24.4. The zero-order valence-corrected chi connectivity index (χ0v) is 18.7. The fraction of sp³-hybridized carbons (Fsp3) is 0.429. The van der Waals surface area contributed by atoms with Gasteiger partial charge in [0.1, 0.15) is 23.9 Å². The van der Waals surface area contributed by atoms with E-state index in [1.165, 1.54) is 0 Å². The number of aryl methyl sites for hydroxylation is 1. The molecular weight excluding hydrogens is 452 g/mol. The SMILES string of the molecule is NC(CCC(=O)NC(CS)C(=O)NC(CCCn1cccc1-c1ccco1)C(=O)O)C(=O)O. The Labute approximate surface area is 195 Å². The lowest BCUT2D eigenvalue weighted by Crippen LogP contribution is -2.52. The lowest BCUT2D eigenvalue weighted by atomic mass is 10.1. The third-order valence-corrected chi connectivity index (χ3v) is 5.31. The van der Waals surface area contributed by atoms with Crippen LogP contribution in [0.1, 0.15) is 25.7 Å². The highest BCUT2D eigenvalue weighted by Gasteiger charge is 2.26. The average molecular weight is 481 g/mol. The summed E-state index contributed by atoms with van der Waals surface area (Å²) in [6.45, 7) is 0.513. The Hall–Kier alpha value is -3.25. The molecular formula is C21H28N4O7S. The highest BCUT2D eigenvalue weighted by molar-refractivity contribution is 7.80. The molecule has 3 unspecified atom stereocenters. The minimum Gasteiger partial charge on any atom is -0.480 e. The van der Waals surface area contributed by atoms with Gasteiger partial charge in [0.05, 0.1) is 12.0 Å². The largest absolute Gasteiger partial charge is 0.480 e. The van der Waals surface area contributed by atoms with Crippen molar-refractivity contribution in [2.45, 2.75) is 50.4 Å². The lowest BCUT2D eigenvalue weighted by molar-refractivity contribution is -0.142. The highest BCUT2D eigenvalue weighted by atomic mass is 32.1. The molecule has 0 aromatic carbocycles. The van der Waals surface area contributed by atoms with Crippen molar-refractivity contribution in [3.8, 4) is 11.5 Å². The number of hydrogen-bond acceptors (Lipinski definition) is 7. The topological polar surface area (TPSA) is 177 Å². The first-order chi connectivity index (χ1) is 15.7. The molecule has 2 aromatic rings. The second kappa shape index (κ2) is 12.7. The van der Waals surface area contributed by atoms with Gasteiger partial charge >= 0.3 is 11.9 Å². The molecule has 0 radical (unpaired) electrons. The number of aliphatic carboxylic acids is 2. The molecule has 0 spiro atoms. The molecule has 0 bridgehead atoms. The molecule has 0 fully saturated rings. The molecule has 6 N–H and O–H groups in total. The van der Waals surface area contributed by atoms with E-state index in [9.17, 15) is 24.3 Å². The van der Waals surface area contributed by atoms with Crippen molar-refractivity contribution in [2.75, 3.05) is 5.75 Å². The second-order valence-corrected chi connectivity index (χ2v) is 7.76. The van der Waals surface area contributed by atoms with Gasteiger partial charge in [0.15, 0.2) is 0 Å². The summed E-state index contributed by atoms with van der Waals surface area (Å²) < 4.78 is 7.33. The van der Waals surface area contributed by atoms with E-state index in [0.29, 0.717) is 18.7 Å². The van der Waals surface area contributed by atoms with Crippen LogP contribution in [0.4, 0.5) is 0 Å². The number of nitrogens with zero attached hydrogens (tertiary/aromatic N) is 1. The van der Waals surface area contributed by atoms with Gasteiger partial charge in [0.2, 0.25) is 11.8 Å². The number of nitrogens with one attached hydrogen (secondary N) is 2. The Morgan fingerprint density at radius 2 is 1.82 bits per heavy atom. The summed E-state index contributed by atoms with van der Waals surface area (Å²) >= 11 is 4.04. The number of furan rings is 1. The molecule has 2 rings (SSSR count). The Balaban J connectivity index is 1.86. The van der Waals surface area contributed by atoms with E-state index in [4.69, 9.17) is 15.3 Å². The van der Waals surface area contributed by atoms with Crippen molar-refractivity contribution in [3.63, 3.8) is 0 Å². The van der Waals surface area contributed by atoms with Crippen LogP contribution >= 0.6 is 12.6 Å². The highest BCUT2D eigenvalue weighted by Crippen LogP contribution is 2.21. The van der Waals surface area contributed by atoms with E-state index in [-0.39, 0.29) is 25.0 Å². The fourth-order valence-corrected chi connectivity index (χ4v) is 3.38. The summed E-state index contributed by atoms with van der Waals surface area (Å²) in [6, 6.07) is 3.94. The minimum atomic E-state index is -1.23. The first-order valence-electron chi connectivity index (χ1n) is 10.3. The molecule has 2 heterocycles. The maximum atomic E-state index is 12.5. The summed E-state index contributed by atoms with van der Waals surface area (Å²) in [4.78, 5) is 46.9. The zero-order valence-electron chi connectivity index (χ0n) is 17.8. The number of carboxylic acids is 2. The molecule has 33 heavy (non-hydrogen) atoms. The van der Waals surface area contributed by atoms with Crippen molar-refractivity contribution in [2.24, 2.45) is 5.73 Å². The number of carbonyl (C=O) groups is 4. The standard InChI is InChI=1S/C21H28N4O7S/c22-13(20(28)29)7-8-18(26)23-15(12-33)19(27)24-14(21(30)31)4-1-9-25-10-2-5-16(25)17-6-3-11-32-17/h2-3,5-6,10-11,13-15,33H,1,4,7-9,12,22H2,(H,23,26)(H,24,27)(H,28,29)(H,30,31). The van der Waals surface area contributed by atoms with Crippen LogP contribution in [-0.4, -0.2) is 62.4 Å². The number of rotatable bonds is 14. The predicted molar refractivity (Wildman–Crippen MR) is 122 cm³/mol. The van der Waals surface area contributed by atoms with Crippen LogP contribution < -0.4 is 16.4 Å². The molecule has 180 valence electrons. The predicted octanol–water partition coefficient (Wildman–Crippen LogP) is 0.704. The minimum absolute atomic E-state index is 0.0647. The molecule has 0 aliphatic rings. The van der Waals surface area contributed by atoms with E-state index in [0.717, 1.165) is 5.69 Å². The molecule has 0 aliphatic heterocycles. The summed E-state index contributed by atoms with van der Waals surface area (Å²) in [5, 5.41) is 23.1. The Bertz CT molecular complexity index is 944. The van der Waals surface area contributed by atoms with Gasteiger partial charge < -0.3 is 35.6 Å². The summed E-state index contributed by atoms with van der Waals surface area (Å²) in [5.41, 5.74) is 6.22. The number of hydrogen-bond donors (Lipinski definition) is 6. The first-order valence-corrected chi connectivity index (χ1v) is 11.0. The molecule has 2 aromatic heterocycles. The first kappa shape index (κ1) is 26.0. The number of carboxylic acid groups (broad SMARTS) is 2. The van der Waals surface area contributed by atoms with Crippen LogP contribution in [0.3, 0.4) is 0 Å². The molecule has 3 atom stereocenters. The van der Waals surface area contributed by atoms with Gasteiger partial charge in [-0.25, -0.2) is 4.79 Å². The van der Waals surface area contributed by atoms with E-state index >= 15 is 0 Å². The van der Waals surface area contributed by atoms with E-state index in [1.807, 2.05) is 29.0 Å². The van der Waals surface area contributed by atoms with Crippen LogP contribution in [-0.2, 0) is 25.7 Å². The van der Waals surface area contributed by atoms with Crippen LogP contribution in [0.2, 0.25) is 0 Å². The van der Waals surface area contributed by atoms with Crippen LogP contribution in [0.25, 0.3) is 11.5 Å². The molecule has 2 amide bonds. The molecule has 0 saturated carbocycles. The molecule has 11 nitrogen and oxygen atoms in total. The number of amides is 2. The van der Waals surface area contributed by atoms with Gasteiger partial charge in [-0.2, -0.15) is 12.6 Å². The average Bonchev–Trinajstić information content (AvgIpc) is 3.46. The van der Waals surface area contributed by atoms with Crippen molar-refractivity contribution in [3.05, 3.63) is 36.7 Å². The van der Waals surface area contributed by atoms with Gasteiger partial charge in [0.25, 0.3) is 0 Å². The normalized spacial score (nSPS) is 13.6. The van der Waals surface area contributed by atoms with Crippen molar-refractivity contribution in [1.82, 2.24) is 15.2 Å². The fourth-order valence-electron chi connectivity index (χ4n) is 3.12. The summed E-state index contributed by atoms with van der Waals surface area (Å²) in [5.74, 6) is -3.06. The lowest BCUT2D eigenvalue weighted by Gasteiger charge is -2.20. The maximum Gasteiger partial charge on any atom is 0.326 e. The van der Waals surface area contributed by atoms with Crippen molar-refractivity contribution in [1.29, 1.82) is 0 Å². The van der Waals surface area contributed by atoms with E-state index < -0.39 is 41.9 Å². The third-order valence-electron chi connectivity index (χ3n) is 4.94.